The molecule has 2 aromatic carbocycles. The van der Waals surface area contributed by atoms with E-state index in [1.54, 1.807) is 30.3 Å². The van der Waals surface area contributed by atoms with Gasteiger partial charge in [0.05, 0.1) is 5.56 Å². The Balaban J connectivity index is 2.01. The van der Waals surface area contributed by atoms with E-state index in [-0.39, 0.29) is 11.7 Å². The van der Waals surface area contributed by atoms with Crippen molar-refractivity contribution in [2.45, 2.75) is 0 Å². The molecule has 3 rings (SSSR count). The van der Waals surface area contributed by atoms with Crippen molar-refractivity contribution < 1.29 is 8.91 Å². The van der Waals surface area contributed by atoms with Crippen LogP contribution in [0, 0.1) is 5.82 Å². The van der Waals surface area contributed by atoms with Crippen molar-refractivity contribution in [2.24, 2.45) is 0 Å². The summed E-state index contributed by atoms with van der Waals surface area (Å²) in [4.78, 5) is 4.24. The van der Waals surface area contributed by atoms with Crippen LogP contribution in [0.3, 0.4) is 0 Å². The second kappa shape index (κ2) is 4.94. The maximum atomic E-state index is 12.9. The number of hydrogen-bond donors (Lipinski definition) is 1. The van der Waals surface area contributed by atoms with E-state index in [0.717, 1.165) is 0 Å². The minimum Gasteiger partial charge on any atom is -0.398 e. The molecule has 0 saturated carbocycles. The second-order valence-electron chi connectivity index (χ2n) is 4.16. The minimum absolute atomic E-state index is 0.268. The average molecular weight is 290 g/mol. The van der Waals surface area contributed by atoms with E-state index in [1.807, 2.05) is 0 Å². The van der Waals surface area contributed by atoms with E-state index in [2.05, 4.69) is 10.1 Å². The zero-order valence-electron chi connectivity index (χ0n) is 10.2. The number of nitrogen functional groups attached to an aromatic ring is 1. The molecule has 0 unspecified atom stereocenters. The molecule has 0 bridgehead atoms. The molecule has 0 radical (unpaired) electrons. The maximum absolute atomic E-state index is 12.9. The second-order valence-corrected chi connectivity index (χ2v) is 4.60. The zero-order chi connectivity index (χ0) is 14.1. The normalized spacial score (nSPS) is 10.7. The smallest absolute Gasteiger partial charge is 0.260 e. The summed E-state index contributed by atoms with van der Waals surface area (Å²) >= 11 is 5.92. The highest BCUT2D eigenvalue weighted by Gasteiger charge is 2.13. The number of hydrogen-bond acceptors (Lipinski definition) is 4. The van der Waals surface area contributed by atoms with Gasteiger partial charge in [-0.2, -0.15) is 4.98 Å². The van der Waals surface area contributed by atoms with Crippen LogP contribution in [0.15, 0.2) is 47.0 Å². The lowest BCUT2D eigenvalue weighted by Crippen LogP contribution is -1.90. The van der Waals surface area contributed by atoms with Gasteiger partial charge >= 0.3 is 0 Å². The molecule has 0 saturated heterocycles. The number of nitrogens with two attached hydrogens (primary N) is 1. The summed E-state index contributed by atoms with van der Waals surface area (Å²) in [6, 6.07) is 10.8. The SMILES string of the molecule is Nc1ccc(Cl)cc1-c1nc(-c2ccc(F)cc2)no1. The van der Waals surface area contributed by atoms with Gasteiger partial charge in [0.25, 0.3) is 5.89 Å². The molecule has 0 atom stereocenters. The summed E-state index contributed by atoms with van der Waals surface area (Å²) in [6.07, 6.45) is 0. The summed E-state index contributed by atoms with van der Waals surface area (Å²) in [6.45, 7) is 0. The number of halogens is 2. The highest BCUT2D eigenvalue weighted by Crippen LogP contribution is 2.29. The predicted molar refractivity (Wildman–Crippen MR) is 74.6 cm³/mol. The number of aromatic nitrogens is 2. The molecule has 0 aliphatic heterocycles. The summed E-state index contributed by atoms with van der Waals surface area (Å²) in [5.74, 6) is 0.306. The van der Waals surface area contributed by atoms with Gasteiger partial charge in [-0.1, -0.05) is 16.8 Å². The fourth-order valence-electron chi connectivity index (χ4n) is 1.76. The molecule has 6 heteroatoms. The highest BCUT2D eigenvalue weighted by molar-refractivity contribution is 6.31. The van der Waals surface area contributed by atoms with E-state index < -0.39 is 0 Å². The molecule has 4 nitrogen and oxygen atoms in total. The van der Waals surface area contributed by atoms with Gasteiger partial charge in [0, 0.05) is 16.3 Å². The Morgan fingerprint density at radius 3 is 2.60 bits per heavy atom. The van der Waals surface area contributed by atoms with Crippen molar-refractivity contribution in [2.75, 3.05) is 5.73 Å². The van der Waals surface area contributed by atoms with Crippen molar-refractivity contribution in [3.8, 4) is 22.8 Å². The highest BCUT2D eigenvalue weighted by atomic mass is 35.5. The van der Waals surface area contributed by atoms with Gasteiger partial charge in [-0.3, -0.25) is 0 Å². The predicted octanol–water partition coefficient (Wildman–Crippen LogP) is 3.78. The van der Waals surface area contributed by atoms with Crippen molar-refractivity contribution in [1.29, 1.82) is 0 Å². The summed E-state index contributed by atoms with van der Waals surface area (Å²) in [5.41, 5.74) is 7.57. The van der Waals surface area contributed by atoms with Crippen LogP contribution in [0.5, 0.6) is 0 Å². The van der Waals surface area contributed by atoms with Crippen LogP contribution in [0.25, 0.3) is 22.8 Å². The van der Waals surface area contributed by atoms with Crippen LogP contribution in [0.4, 0.5) is 10.1 Å². The Kier molecular flexibility index (Phi) is 3.12. The van der Waals surface area contributed by atoms with Crippen molar-refractivity contribution in [3.05, 3.63) is 53.3 Å². The molecule has 1 aromatic heterocycles. The third kappa shape index (κ3) is 2.35. The topological polar surface area (TPSA) is 64.9 Å². The summed E-state index contributed by atoms with van der Waals surface area (Å²) in [7, 11) is 0. The molecule has 20 heavy (non-hydrogen) atoms. The maximum Gasteiger partial charge on any atom is 0.260 e. The third-order valence-corrected chi connectivity index (χ3v) is 3.01. The Morgan fingerprint density at radius 1 is 1.10 bits per heavy atom. The van der Waals surface area contributed by atoms with E-state index >= 15 is 0 Å². The molecule has 0 spiro atoms. The minimum atomic E-state index is -0.323. The number of anilines is 1. The van der Waals surface area contributed by atoms with E-state index in [1.165, 1.54) is 12.1 Å². The lowest BCUT2D eigenvalue weighted by molar-refractivity contribution is 0.432. The molecule has 3 aromatic rings. The van der Waals surface area contributed by atoms with Crippen molar-refractivity contribution >= 4 is 17.3 Å². The van der Waals surface area contributed by atoms with Crippen LogP contribution in [-0.2, 0) is 0 Å². The number of nitrogens with zero attached hydrogens (tertiary/aromatic N) is 2. The number of benzene rings is 2. The van der Waals surface area contributed by atoms with E-state index in [0.29, 0.717) is 27.7 Å². The summed E-state index contributed by atoms with van der Waals surface area (Å²) < 4.78 is 18.1. The van der Waals surface area contributed by atoms with Crippen LogP contribution in [-0.4, -0.2) is 10.1 Å². The fraction of sp³-hybridized carbons (Fsp3) is 0. The molecule has 2 N–H and O–H groups in total. The molecular weight excluding hydrogens is 281 g/mol. The van der Waals surface area contributed by atoms with Crippen LogP contribution < -0.4 is 5.73 Å². The van der Waals surface area contributed by atoms with Gasteiger partial charge in [0.1, 0.15) is 5.82 Å². The largest absolute Gasteiger partial charge is 0.398 e. The van der Waals surface area contributed by atoms with Gasteiger partial charge in [0.15, 0.2) is 0 Å². The van der Waals surface area contributed by atoms with Crippen LogP contribution >= 0.6 is 11.6 Å². The van der Waals surface area contributed by atoms with Gasteiger partial charge in [-0.25, -0.2) is 4.39 Å². The first-order chi connectivity index (χ1) is 9.63. The lowest BCUT2D eigenvalue weighted by Gasteiger charge is -2.00. The van der Waals surface area contributed by atoms with E-state index in [9.17, 15) is 4.39 Å². The average Bonchev–Trinajstić information content (AvgIpc) is 2.92. The third-order valence-electron chi connectivity index (χ3n) is 2.77. The first-order valence-electron chi connectivity index (χ1n) is 5.78. The van der Waals surface area contributed by atoms with E-state index in [4.69, 9.17) is 21.9 Å². The Hall–Kier alpha value is -2.40. The van der Waals surface area contributed by atoms with Crippen LogP contribution in [0.1, 0.15) is 0 Å². The number of rotatable bonds is 2. The van der Waals surface area contributed by atoms with Gasteiger partial charge < -0.3 is 10.3 Å². The first-order valence-corrected chi connectivity index (χ1v) is 6.16. The van der Waals surface area contributed by atoms with Gasteiger partial charge in [0.2, 0.25) is 5.82 Å². The zero-order valence-corrected chi connectivity index (χ0v) is 10.9. The first kappa shape index (κ1) is 12.6. The van der Waals surface area contributed by atoms with Crippen LogP contribution in [0.2, 0.25) is 5.02 Å². The van der Waals surface area contributed by atoms with Gasteiger partial charge in [-0.05, 0) is 42.5 Å². The Morgan fingerprint density at radius 2 is 1.85 bits per heavy atom. The molecule has 0 amide bonds. The Bertz CT molecular complexity index is 755. The Labute approximate surface area is 119 Å². The van der Waals surface area contributed by atoms with Crippen molar-refractivity contribution in [3.63, 3.8) is 0 Å². The monoisotopic (exact) mass is 289 g/mol. The quantitative estimate of drug-likeness (QED) is 0.729. The summed E-state index contributed by atoms with van der Waals surface area (Å²) in [5, 5.41) is 4.38. The molecule has 0 fully saturated rings. The van der Waals surface area contributed by atoms with Crippen molar-refractivity contribution in [1.82, 2.24) is 10.1 Å². The molecule has 1 heterocycles. The molecular formula is C14H9ClFN3O. The lowest BCUT2D eigenvalue weighted by atomic mass is 10.2. The molecule has 100 valence electrons. The molecule has 0 aliphatic carbocycles. The standard InChI is InChI=1S/C14H9ClFN3O/c15-9-3-6-12(17)11(7-9)14-18-13(19-20-14)8-1-4-10(16)5-2-8/h1-7H,17H2. The fourth-order valence-corrected chi connectivity index (χ4v) is 1.93. The molecule has 0 aliphatic rings. The van der Waals surface area contributed by atoms with Gasteiger partial charge in [-0.15, -0.1) is 0 Å².